The number of hydrogen-bond donors (Lipinski definition) is 0. The molecule has 6 heteroatoms. The summed E-state index contributed by atoms with van der Waals surface area (Å²) >= 11 is 2.91. The van der Waals surface area contributed by atoms with Crippen LogP contribution in [0.4, 0.5) is 4.39 Å². The molecule has 0 N–H and O–H groups in total. The summed E-state index contributed by atoms with van der Waals surface area (Å²) in [5.41, 5.74) is 1.11. The van der Waals surface area contributed by atoms with Crippen LogP contribution < -0.4 is 5.56 Å². The Labute approximate surface area is 158 Å². The Kier molecular flexibility index (Phi) is 4.61. The first-order chi connectivity index (χ1) is 12.6. The molecule has 0 aliphatic heterocycles. The van der Waals surface area contributed by atoms with Crippen molar-refractivity contribution in [3.63, 3.8) is 0 Å². The summed E-state index contributed by atoms with van der Waals surface area (Å²) < 4.78 is 15.8. The fraction of sp³-hybridized carbons (Fsp3) is 0.100. The van der Waals surface area contributed by atoms with E-state index in [1.165, 1.54) is 33.7 Å². The number of para-hydroxylation sites is 1. The highest BCUT2D eigenvalue weighted by Gasteiger charge is 2.17. The molecule has 0 fully saturated rings. The molecule has 4 rings (SSSR count). The fourth-order valence-corrected chi connectivity index (χ4v) is 4.63. The fourth-order valence-electron chi connectivity index (χ4n) is 2.75. The third-order valence-electron chi connectivity index (χ3n) is 3.96. The topological polar surface area (TPSA) is 34.9 Å². The van der Waals surface area contributed by atoms with Gasteiger partial charge in [0, 0.05) is 10.6 Å². The van der Waals surface area contributed by atoms with Crippen LogP contribution >= 0.6 is 23.1 Å². The molecule has 0 aliphatic rings. The van der Waals surface area contributed by atoms with Crippen LogP contribution in [0.15, 0.2) is 70.6 Å². The molecule has 0 bridgehead atoms. The Balaban J connectivity index is 1.88. The van der Waals surface area contributed by atoms with E-state index in [0.717, 1.165) is 10.4 Å². The van der Waals surface area contributed by atoms with Crippen molar-refractivity contribution < 1.29 is 4.39 Å². The Morgan fingerprint density at radius 3 is 2.62 bits per heavy atom. The molecule has 3 nitrogen and oxygen atoms in total. The summed E-state index contributed by atoms with van der Waals surface area (Å²) in [4.78, 5) is 19.4. The van der Waals surface area contributed by atoms with Crippen LogP contribution in [-0.4, -0.2) is 9.55 Å². The van der Waals surface area contributed by atoms with Gasteiger partial charge in [-0.15, -0.1) is 11.3 Å². The molecule has 0 radical (unpaired) electrons. The molecule has 0 saturated carbocycles. The SMILES string of the molecule is Cc1cc2c(=O)n(-c3ccccc3F)c(SCc3ccccc3)nc2s1. The molecule has 2 aromatic heterocycles. The van der Waals surface area contributed by atoms with Crippen LogP contribution in [0.5, 0.6) is 0 Å². The predicted octanol–water partition coefficient (Wildman–Crippen LogP) is 5.19. The van der Waals surface area contributed by atoms with Gasteiger partial charge in [0.05, 0.1) is 11.1 Å². The number of nitrogens with zero attached hydrogens (tertiary/aromatic N) is 2. The van der Waals surface area contributed by atoms with E-state index < -0.39 is 5.82 Å². The van der Waals surface area contributed by atoms with E-state index in [0.29, 0.717) is 21.1 Å². The lowest BCUT2D eigenvalue weighted by atomic mass is 10.2. The Bertz CT molecular complexity index is 1140. The summed E-state index contributed by atoms with van der Waals surface area (Å²) in [6.45, 7) is 1.94. The molecule has 0 spiro atoms. The molecule has 0 aliphatic carbocycles. The van der Waals surface area contributed by atoms with Gasteiger partial charge in [-0.25, -0.2) is 9.37 Å². The normalized spacial score (nSPS) is 11.2. The Hall–Kier alpha value is -2.44. The molecule has 2 aromatic carbocycles. The second-order valence-corrected chi connectivity index (χ2v) is 8.01. The minimum atomic E-state index is -0.440. The first-order valence-corrected chi connectivity index (χ1v) is 9.88. The molecule has 0 unspecified atom stereocenters. The summed E-state index contributed by atoms with van der Waals surface area (Å²) in [6.07, 6.45) is 0. The van der Waals surface area contributed by atoms with Crippen LogP contribution in [0.1, 0.15) is 10.4 Å². The standard InChI is InChI=1S/C20H15FN2OS2/c1-13-11-15-18(26-13)22-20(25-12-14-7-3-2-4-8-14)23(19(15)24)17-10-6-5-9-16(17)21/h2-11H,12H2,1H3. The summed E-state index contributed by atoms with van der Waals surface area (Å²) in [5, 5.41) is 1.03. The largest absolute Gasteiger partial charge is 0.268 e. The van der Waals surface area contributed by atoms with Gasteiger partial charge in [-0.2, -0.15) is 0 Å². The molecule has 4 aromatic rings. The molecule has 0 amide bonds. The van der Waals surface area contributed by atoms with Crippen molar-refractivity contribution in [3.8, 4) is 5.69 Å². The van der Waals surface area contributed by atoms with Gasteiger partial charge in [-0.1, -0.05) is 54.2 Å². The minimum absolute atomic E-state index is 0.228. The average Bonchev–Trinajstić information content (AvgIpc) is 3.03. The van der Waals surface area contributed by atoms with E-state index in [2.05, 4.69) is 4.98 Å². The molecule has 2 heterocycles. The molecular formula is C20H15FN2OS2. The van der Waals surface area contributed by atoms with E-state index in [1.54, 1.807) is 18.2 Å². The monoisotopic (exact) mass is 382 g/mol. The maximum absolute atomic E-state index is 14.4. The van der Waals surface area contributed by atoms with Gasteiger partial charge in [0.15, 0.2) is 5.16 Å². The third kappa shape index (κ3) is 3.18. The van der Waals surface area contributed by atoms with E-state index in [9.17, 15) is 9.18 Å². The van der Waals surface area contributed by atoms with Crippen molar-refractivity contribution in [2.24, 2.45) is 0 Å². The molecular weight excluding hydrogens is 367 g/mol. The maximum atomic E-state index is 14.4. The molecule has 26 heavy (non-hydrogen) atoms. The second-order valence-electron chi connectivity index (χ2n) is 5.84. The highest BCUT2D eigenvalue weighted by atomic mass is 32.2. The van der Waals surface area contributed by atoms with Gasteiger partial charge in [-0.3, -0.25) is 9.36 Å². The highest BCUT2D eigenvalue weighted by Crippen LogP contribution is 2.28. The second kappa shape index (κ2) is 7.05. The summed E-state index contributed by atoms with van der Waals surface area (Å²) in [7, 11) is 0. The number of thioether (sulfide) groups is 1. The third-order valence-corrected chi connectivity index (χ3v) is 5.92. The number of hydrogen-bond acceptors (Lipinski definition) is 4. The number of benzene rings is 2. The van der Waals surface area contributed by atoms with Gasteiger partial charge in [0.25, 0.3) is 5.56 Å². The van der Waals surface area contributed by atoms with Crippen LogP contribution in [0.3, 0.4) is 0 Å². The lowest BCUT2D eigenvalue weighted by molar-refractivity contribution is 0.608. The number of thiophene rings is 1. The molecule has 130 valence electrons. The quantitative estimate of drug-likeness (QED) is 0.360. The van der Waals surface area contributed by atoms with Crippen LogP contribution in [-0.2, 0) is 5.75 Å². The highest BCUT2D eigenvalue weighted by molar-refractivity contribution is 7.98. The van der Waals surface area contributed by atoms with Crippen LogP contribution in [0, 0.1) is 12.7 Å². The number of aromatic nitrogens is 2. The zero-order chi connectivity index (χ0) is 18.1. The average molecular weight is 382 g/mol. The van der Waals surface area contributed by atoms with Crippen molar-refractivity contribution in [2.75, 3.05) is 0 Å². The molecule has 0 saturated heterocycles. The zero-order valence-corrected chi connectivity index (χ0v) is 15.6. The van der Waals surface area contributed by atoms with E-state index in [-0.39, 0.29) is 11.2 Å². The van der Waals surface area contributed by atoms with Crippen molar-refractivity contribution in [3.05, 3.63) is 87.3 Å². The van der Waals surface area contributed by atoms with E-state index in [4.69, 9.17) is 0 Å². The Morgan fingerprint density at radius 1 is 1.12 bits per heavy atom. The number of rotatable bonds is 4. The minimum Gasteiger partial charge on any atom is -0.268 e. The van der Waals surface area contributed by atoms with Crippen molar-refractivity contribution >= 4 is 33.3 Å². The smallest absolute Gasteiger partial charge is 0.267 e. The van der Waals surface area contributed by atoms with Gasteiger partial charge in [0.2, 0.25) is 0 Å². The van der Waals surface area contributed by atoms with Crippen molar-refractivity contribution in [2.45, 2.75) is 17.8 Å². The number of fused-ring (bicyclic) bond motifs is 1. The first-order valence-electron chi connectivity index (χ1n) is 8.08. The Morgan fingerprint density at radius 2 is 1.85 bits per heavy atom. The van der Waals surface area contributed by atoms with Crippen molar-refractivity contribution in [1.82, 2.24) is 9.55 Å². The first kappa shape index (κ1) is 17.0. The van der Waals surface area contributed by atoms with Crippen LogP contribution in [0.2, 0.25) is 0 Å². The van der Waals surface area contributed by atoms with Gasteiger partial charge in [0.1, 0.15) is 10.6 Å². The van der Waals surface area contributed by atoms with E-state index >= 15 is 0 Å². The van der Waals surface area contributed by atoms with Gasteiger partial charge < -0.3 is 0 Å². The zero-order valence-electron chi connectivity index (χ0n) is 14.0. The number of halogens is 1. The van der Waals surface area contributed by atoms with Gasteiger partial charge >= 0.3 is 0 Å². The van der Waals surface area contributed by atoms with Crippen LogP contribution in [0.25, 0.3) is 15.9 Å². The number of aryl methyl sites for hydroxylation is 1. The summed E-state index contributed by atoms with van der Waals surface area (Å²) in [6, 6.07) is 18.1. The lowest BCUT2D eigenvalue weighted by Gasteiger charge is -2.12. The maximum Gasteiger partial charge on any atom is 0.267 e. The van der Waals surface area contributed by atoms with Gasteiger partial charge in [-0.05, 0) is 30.7 Å². The summed E-state index contributed by atoms with van der Waals surface area (Å²) in [5.74, 6) is 0.210. The van der Waals surface area contributed by atoms with E-state index in [1.807, 2.05) is 43.3 Å². The van der Waals surface area contributed by atoms with Crippen molar-refractivity contribution in [1.29, 1.82) is 0 Å². The lowest BCUT2D eigenvalue weighted by Crippen LogP contribution is -2.22. The predicted molar refractivity (Wildman–Crippen MR) is 106 cm³/mol. The molecule has 0 atom stereocenters.